The average Bonchev–Trinajstić information content (AvgIpc) is 2.84. The van der Waals surface area contributed by atoms with Gasteiger partial charge in [-0.05, 0) is 24.6 Å². The van der Waals surface area contributed by atoms with Gasteiger partial charge in [-0.25, -0.2) is 4.98 Å². The zero-order chi connectivity index (χ0) is 15.0. The molecule has 1 N–H and O–H groups in total. The molecule has 1 aliphatic heterocycles. The van der Waals surface area contributed by atoms with Gasteiger partial charge in [0.2, 0.25) is 11.8 Å². The van der Waals surface area contributed by atoms with Crippen molar-refractivity contribution < 1.29 is 9.59 Å². The minimum absolute atomic E-state index is 0.233. The first-order chi connectivity index (χ1) is 10.0. The first kappa shape index (κ1) is 14.2. The number of aryl methyl sites for hydroxylation is 1. The summed E-state index contributed by atoms with van der Waals surface area (Å²) in [6, 6.07) is 7.21. The molecule has 2 heterocycles. The topological polar surface area (TPSA) is 59.1 Å². The van der Waals surface area contributed by atoms with Gasteiger partial charge < -0.3 is 0 Å². The summed E-state index contributed by atoms with van der Waals surface area (Å²) >= 11 is 7.51. The Morgan fingerprint density at radius 3 is 2.86 bits per heavy atom. The Bertz CT molecular complexity index is 713. The normalized spacial score (nSPS) is 22.2. The largest absolute Gasteiger partial charge is 0.296 e. The van der Waals surface area contributed by atoms with Crippen LogP contribution in [-0.2, 0) is 9.59 Å². The molecule has 2 atom stereocenters. The number of nitrogens with zero attached hydrogens (tertiary/aromatic N) is 1. The molecule has 0 spiro atoms. The SMILES string of the molecule is Cc1csc(C2CC(=O)NC(=O)C2c2cccc(Cl)c2)n1. The van der Waals surface area contributed by atoms with Crippen molar-refractivity contribution in [1.82, 2.24) is 10.3 Å². The number of rotatable bonds is 2. The Morgan fingerprint density at radius 1 is 1.38 bits per heavy atom. The lowest BCUT2D eigenvalue weighted by Gasteiger charge is -2.29. The lowest BCUT2D eigenvalue weighted by molar-refractivity contribution is -0.135. The molecule has 1 fully saturated rings. The van der Waals surface area contributed by atoms with Gasteiger partial charge in [-0.1, -0.05) is 23.7 Å². The van der Waals surface area contributed by atoms with Gasteiger partial charge in [0.05, 0.1) is 10.9 Å². The molecule has 4 nitrogen and oxygen atoms in total. The van der Waals surface area contributed by atoms with Gasteiger partial charge in [-0.15, -0.1) is 11.3 Å². The molecule has 0 saturated carbocycles. The van der Waals surface area contributed by atoms with Gasteiger partial charge in [-0.3, -0.25) is 14.9 Å². The van der Waals surface area contributed by atoms with Crippen LogP contribution in [0.2, 0.25) is 5.02 Å². The molecule has 1 aromatic carbocycles. The number of piperidine rings is 1. The first-order valence-corrected chi connectivity index (χ1v) is 7.81. The molecule has 6 heteroatoms. The highest BCUT2D eigenvalue weighted by molar-refractivity contribution is 7.09. The summed E-state index contributed by atoms with van der Waals surface area (Å²) in [5.41, 5.74) is 1.71. The Morgan fingerprint density at radius 2 is 2.19 bits per heavy atom. The molecule has 0 radical (unpaired) electrons. The highest BCUT2D eigenvalue weighted by atomic mass is 35.5. The summed E-state index contributed by atoms with van der Waals surface area (Å²) in [4.78, 5) is 28.5. The number of nitrogens with one attached hydrogen (secondary N) is 1. The van der Waals surface area contributed by atoms with E-state index < -0.39 is 5.92 Å². The van der Waals surface area contributed by atoms with Crippen molar-refractivity contribution >= 4 is 34.8 Å². The fourth-order valence-corrected chi connectivity index (χ4v) is 3.76. The molecule has 3 rings (SSSR count). The van der Waals surface area contributed by atoms with Crippen molar-refractivity contribution in [2.75, 3.05) is 0 Å². The number of amides is 2. The molecular weight excluding hydrogens is 308 g/mol. The maximum absolute atomic E-state index is 12.3. The predicted molar refractivity (Wildman–Crippen MR) is 81.6 cm³/mol. The van der Waals surface area contributed by atoms with Crippen LogP contribution in [0, 0.1) is 6.92 Å². The number of benzene rings is 1. The predicted octanol–water partition coefficient (Wildman–Crippen LogP) is 3.02. The third kappa shape index (κ3) is 2.84. The van der Waals surface area contributed by atoms with Crippen LogP contribution in [0.5, 0.6) is 0 Å². The molecule has 0 aliphatic carbocycles. The molecule has 2 unspecified atom stereocenters. The third-order valence-corrected chi connectivity index (χ3v) is 4.84. The van der Waals surface area contributed by atoms with Gasteiger partial charge >= 0.3 is 0 Å². The van der Waals surface area contributed by atoms with Crippen LogP contribution in [0.1, 0.15) is 34.5 Å². The molecule has 1 aromatic heterocycles. The standard InChI is InChI=1S/C15H13ClN2O2S/c1-8-7-21-15(17-8)11-6-12(19)18-14(20)13(11)9-3-2-4-10(16)5-9/h2-5,7,11,13H,6H2,1H3,(H,18,19,20). The van der Waals surface area contributed by atoms with Gasteiger partial charge in [0.25, 0.3) is 0 Å². The molecule has 1 aliphatic rings. The number of hydrogen-bond donors (Lipinski definition) is 1. The number of carbonyl (C=O) groups is 2. The number of imide groups is 1. The number of halogens is 1. The maximum atomic E-state index is 12.3. The van der Waals surface area contributed by atoms with E-state index in [9.17, 15) is 9.59 Å². The summed E-state index contributed by atoms with van der Waals surface area (Å²) < 4.78 is 0. The van der Waals surface area contributed by atoms with Crippen LogP contribution in [0.25, 0.3) is 0 Å². The third-order valence-electron chi connectivity index (χ3n) is 3.51. The van der Waals surface area contributed by atoms with Crippen LogP contribution in [0.4, 0.5) is 0 Å². The summed E-state index contributed by atoms with van der Waals surface area (Å²) in [6.45, 7) is 1.90. The van der Waals surface area contributed by atoms with E-state index in [2.05, 4.69) is 10.3 Å². The van der Waals surface area contributed by atoms with Crippen molar-refractivity contribution in [3.05, 3.63) is 50.9 Å². The number of carbonyl (C=O) groups excluding carboxylic acids is 2. The first-order valence-electron chi connectivity index (χ1n) is 6.56. The Kier molecular flexibility index (Phi) is 3.78. The molecule has 21 heavy (non-hydrogen) atoms. The van der Waals surface area contributed by atoms with Crippen LogP contribution in [0.3, 0.4) is 0 Å². The Labute approximate surface area is 131 Å². The monoisotopic (exact) mass is 320 g/mol. The van der Waals surface area contributed by atoms with E-state index in [0.29, 0.717) is 5.02 Å². The fraction of sp³-hybridized carbons (Fsp3) is 0.267. The number of hydrogen-bond acceptors (Lipinski definition) is 4. The highest BCUT2D eigenvalue weighted by Gasteiger charge is 2.39. The lowest BCUT2D eigenvalue weighted by atomic mass is 9.81. The summed E-state index contributed by atoms with van der Waals surface area (Å²) in [5, 5.41) is 5.74. The fourth-order valence-electron chi connectivity index (χ4n) is 2.62. The van der Waals surface area contributed by atoms with Crippen molar-refractivity contribution in [2.24, 2.45) is 0 Å². The van der Waals surface area contributed by atoms with Crippen LogP contribution in [-0.4, -0.2) is 16.8 Å². The zero-order valence-electron chi connectivity index (χ0n) is 11.3. The van der Waals surface area contributed by atoms with Gasteiger partial charge in [0, 0.05) is 28.4 Å². The van der Waals surface area contributed by atoms with Crippen molar-refractivity contribution in [3.8, 4) is 0 Å². The van der Waals surface area contributed by atoms with E-state index in [1.165, 1.54) is 11.3 Å². The maximum Gasteiger partial charge on any atom is 0.234 e. The second-order valence-corrected chi connectivity index (χ2v) is 6.41. The molecular formula is C15H13ClN2O2S. The highest BCUT2D eigenvalue weighted by Crippen LogP contribution is 2.40. The Hall–Kier alpha value is -1.72. The molecule has 0 bridgehead atoms. The summed E-state index contributed by atoms with van der Waals surface area (Å²) in [5.74, 6) is -1.21. The van der Waals surface area contributed by atoms with Crippen molar-refractivity contribution in [2.45, 2.75) is 25.2 Å². The zero-order valence-corrected chi connectivity index (χ0v) is 12.9. The van der Waals surface area contributed by atoms with Gasteiger partial charge in [-0.2, -0.15) is 0 Å². The van der Waals surface area contributed by atoms with E-state index in [1.54, 1.807) is 12.1 Å². The summed E-state index contributed by atoms with van der Waals surface area (Å²) in [7, 11) is 0. The second-order valence-electron chi connectivity index (χ2n) is 5.08. The van der Waals surface area contributed by atoms with Crippen LogP contribution in [0.15, 0.2) is 29.6 Å². The molecule has 2 aromatic rings. The summed E-state index contributed by atoms with van der Waals surface area (Å²) in [6.07, 6.45) is 0.260. The van der Waals surface area contributed by atoms with Crippen molar-refractivity contribution in [3.63, 3.8) is 0 Å². The lowest BCUT2D eigenvalue weighted by Crippen LogP contribution is -2.43. The average molecular weight is 321 g/mol. The minimum atomic E-state index is -0.438. The van der Waals surface area contributed by atoms with Gasteiger partial charge in [0.1, 0.15) is 0 Å². The van der Waals surface area contributed by atoms with E-state index in [1.807, 2.05) is 24.4 Å². The van der Waals surface area contributed by atoms with E-state index >= 15 is 0 Å². The molecule has 108 valence electrons. The minimum Gasteiger partial charge on any atom is -0.296 e. The number of aromatic nitrogens is 1. The van der Waals surface area contributed by atoms with E-state index in [4.69, 9.17) is 11.6 Å². The van der Waals surface area contributed by atoms with Gasteiger partial charge in [0.15, 0.2) is 0 Å². The quantitative estimate of drug-likeness (QED) is 0.865. The van der Waals surface area contributed by atoms with E-state index in [0.717, 1.165) is 16.3 Å². The van der Waals surface area contributed by atoms with Crippen LogP contribution < -0.4 is 5.32 Å². The van der Waals surface area contributed by atoms with E-state index in [-0.39, 0.29) is 24.2 Å². The second kappa shape index (κ2) is 5.58. The number of thiazole rings is 1. The molecule has 1 saturated heterocycles. The Balaban J connectivity index is 2.04. The molecule has 2 amide bonds. The van der Waals surface area contributed by atoms with Crippen LogP contribution >= 0.6 is 22.9 Å². The smallest absolute Gasteiger partial charge is 0.234 e. The van der Waals surface area contributed by atoms with Crippen molar-refractivity contribution in [1.29, 1.82) is 0 Å².